The van der Waals surface area contributed by atoms with Gasteiger partial charge in [0.25, 0.3) is 0 Å². The molecular formula is C12H7F3O3. The number of fused-ring (bicyclic) bond motifs is 1. The van der Waals surface area contributed by atoms with E-state index in [1.54, 1.807) is 0 Å². The fourth-order valence-electron chi connectivity index (χ4n) is 1.55. The number of hydrogen-bond acceptors (Lipinski definition) is 2. The van der Waals surface area contributed by atoms with Crippen LogP contribution in [0.2, 0.25) is 0 Å². The number of carboxylic acid groups (broad SMARTS) is 1. The molecule has 1 N–H and O–H groups in total. The molecule has 0 aliphatic heterocycles. The van der Waals surface area contributed by atoms with Gasteiger partial charge in [0.2, 0.25) is 0 Å². The van der Waals surface area contributed by atoms with Gasteiger partial charge in [0.1, 0.15) is 5.75 Å². The molecule has 3 nitrogen and oxygen atoms in total. The monoisotopic (exact) mass is 256 g/mol. The number of ether oxygens (including phenoxy) is 1. The molecule has 0 saturated heterocycles. The number of benzene rings is 2. The van der Waals surface area contributed by atoms with Crippen molar-refractivity contribution in [1.82, 2.24) is 0 Å². The summed E-state index contributed by atoms with van der Waals surface area (Å²) in [6.07, 6.45) is -4.74. The van der Waals surface area contributed by atoms with Gasteiger partial charge in [0.15, 0.2) is 0 Å². The predicted molar refractivity (Wildman–Crippen MR) is 57.6 cm³/mol. The number of aromatic carboxylic acids is 1. The van der Waals surface area contributed by atoms with Crippen LogP contribution in [-0.2, 0) is 0 Å². The lowest BCUT2D eigenvalue weighted by atomic mass is 10.1. The maximum absolute atomic E-state index is 12.0. The maximum Gasteiger partial charge on any atom is 0.573 e. The van der Waals surface area contributed by atoms with Crippen LogP contribution in [0.15, 0.2) is 36.4 Å². The number of carbonyl (C=O) groups is 1. The first-order valence-corrected chi connectivity index (χ1v) is 4.88. The molecule has 6 heteroatoms. The lowest BCUT2D eigenvalue weighted by molar-refractivity contribution is -0.274. The van der Waals surface area contributed by atoms with Gasteiger partial charge in [-0.25, -0.2) is 4.79 Å². The SMILES string of the molecule is O=C(O)c1ccc2cc(OC(F)(F)F)ccc2c1. The van der Waals surface area contributed by atoms with Gasteiger partial charge < -0.3 is 9.84 Å². The molecule has 0 amide bonds. The van der Waals surface area contributed by atoms with E-state index in [-0.39, 0.29) is 11.3 Å². The second-order valence-corrected chi connectivity index (χ2v) is 3.58. The van der Waals surface area contributed by atoms with Gasteiger partial charge in [0, 0.05) is 0 Å². The zero-order valence-electron chi connectivity index (χ0n) is 8.86. The highest BCUT2D eigenvalue weighted by Gasteiger charge is 2.31. The molecule has 0 fully saturated rings. The molecule has 2 rings (SSSR count). The zero-order valence-corrected chi connectivity index (χ0v) is 8.86. The largest absolute Gasteiger partial charge is 0.573 e. The molecule has 0 unspecified atom stereocenters. The Labute approximate surface area is 99.4 Å². The fraction of sp³-hybridized carbons (Fsp3) is 0.0833. The van der Waals surface area contributed by atoms with Crippen molar-refractivity contribution in [2.24, 2.45) is 0 Å². The molecule has 0 heterocycles. The van der Waals surface area contributed by atoms with E-state index in [0.717, 1.165) is 6.07 Å². The summed E-state index contributed by atoms with van der Waals surface area (Å²) in [7, 11) is 0. The summed E-state index contributed by atoms with van der Waals surface area (Å²) in [5, 5.41) is 9.78. The molecule has 0 aliphatic carbocycles. The van der Waals surface area contributed by atoms with E-state index < -0.39 is 12.3 Å². The Hall–Kier alpha value is -2.24. The number of hydrogen-bond donors (Lipinski definition) is 1. The number of rotatable bonds is 2. The molecule has 0 saturated carbocycles. The second-order valence-electron chi connectivity index (χ2n) is 3.58. The zero-order chi connectivity index (χ0) is 13.3. The highest BCUT2D eigenvalue weighted by molar-refractivity contribution is 5.94. The molecule has 0 bridgehead atoms. The lowest BCUT2D eigenvalue weighted by Gasteiger charge is -2.09. The molecule has 2 aromatic rings. The number of carboxylic acids is 1. The first kappa shape index (κ1) is 12.2. The molecule has 2 aromatic carbocycles. The van der Waals surface area contributed by atoms with E-state index >= 15 is 0 Å². The second kappa shape index (κ2) is 4.21. The lowest BCUT2D eigenvalue weighted by Crippen LogP contribution is -2.16. The van der Waals surface area contributed by atoms with Crippen molar-refractivity contribution in [3.63, 3.8) is 0 Å². The van der Waals surface area contributed by atoms with Crippen LogP contribution in [0.4, 0.5) is 13.2 Å². The third-order valence-electron chi connectivity index (χ3n) is 2.29. The summed E-state index contributed by atoms with van der Waals surface area (Å²) in [5.74, 6) is -1.43. The Kier molecular flexibility index (Phi) is 2.86. The van der Waals surface area contributed by atoms with Gasteiger partial charge in [-0.1, -0.05) is 12.1 Å². The summed E-state index contributed by atoms with van der Waals surface area (Å²) in [6, 6.07) is 7.86. The minimum absolute atomic E-state index is 0.0759. The Bertz CT molecular complexity index is 605. The quantitative estimate of drug-likeness (QED) is 0.895. The Morgan fingerprint density at radius 3 is 2.28 bits per heavy atom. The first-order valence-electron chi connectivity index (χ1n) is 4.88. The summed E-state index contributed by atoms with van der Waals surface area (Å²) < 4.78 is 39.8. The molecule has 0 aliphatic rings. The maximum atomic E-state index is 12.0. The third-order valence-corrected chi connectivity index (χ3v) is 2.29. The molecule has 0 atom stereocenters. The van der Waals surface area contributed by atoms with Crippen molar-refractivity contribution in [1.29, 1.82) is 0 Å². The van der Waals surface area contributed by atoms with Crippen LogP contribution in [0.1, 0.15) is 10.4 Å². The van der Waals surface area contributed by atoms with Crippen LogP contribution >= 0.6 is 0 Å². The number of halogens is 3. The van der Waals surface area contributed by atoms with Crippen LogP contribution in [0.25, 0.3) is 10.8 Å². The molecule has 0 aromatic heterocycles. The van der Waals surface area contributed by atoms with E-state index in [9.17, 15) is 18.0 Å². The van der Waals surface area contributed by atoms with Crippen molar-refractivity contribution >= 4 is 16.7 Å². The predicted octanol–water partition coefficient (Wildman–Crippen LogP) is 3.44. The smallest absolute Gasteiger partial charge is 0.478 e. The van der Waals surface area contributed by atoms with Crippen molar-refractivity contribution < 1.29 is 27.8 Å². The standard InChI is InChI=1S/C12H7F3O3/c13-12(14,15)18-10-4-3-7-5-9(11(16)17)2-1-8(7)6-10/h1-6H,(H,16,17). The summed E-state index contributed by atoms with van der Waals surface area (Å²) in [5.41, 5.74) is 0.0759. The van der Waals surface area contributed by atoms with Crippen LogP contribution in [0.5, 0.6) is 5.75 Å². The van der Waals surface area contributed by atoms with Crippen molar-refractivity contribution in [2.75, 3.05) is 0 Å². The topological polar surface area (TPSA) is 46.5 Å². The highest BCUT2D eigenvalue weighted by Crippen LogP contribution is 2.26. The van der Waals surface area contributed by atoms with Crippen LogP contribution in [0, 0.1) is 0 Å². The van der Waals surface area contributed by atoms with Crippen molar-refractivity contribution in [3.05, 3.63) is 42.0 Å². The van der Waals surface area contributed by atoms with Gasteiger partial charge in [-0.05, 0) is 35.0 Å². The average molecular weight is 256 g/mol. The van der Waals surface area contributed by atoms with Crippen LogP contribution in [0.3, 0.4) is 0 Å². The Morgan fingerprint density at radius 1 is 1.06 bits per heavy atom. The van der Waals surface area contributed by atoms with Gasteiger partial charge >= 0.3 is 12.3 Å². The number of alkyl halides is 3. The molecule has 0 spiro atoms. The molecule has 0 radical (unpaired) electrons. The highest BCUT2D eigenvalue weighted by atomic mass is 19.4. The molecule has 94 valence electrons. The summed E-state index contributed by atoms with van der Waals surface area (Å²) >= 11 is 0. The van der Waals surface area contributed by atoms with E-state index in [1.165, 1.54) is 30.3 Å². The van der Waals surface area contributed by atoms with Crippen molar-refractivity contribution in [2.45, 2.75) is 6.36 Å². The minimum Gasteiger partial charge on any atom is -0.478 e. The van der Waals surface area contributed by atoms with E-state index in [2.05, 4.69) is 4.74 Å². The van der Waals surface area contributed by atoms with E-state index in [0.29, 0.717) is 10.8 Å². The Balaban J connectivity index is 2.41. The Morgan fingerprint density at radius 2 is 1.67 bits per heavy atom. The van der Waals surface area contributed by atoms with Gasteiger partial charge in [-0.3, -0.25) is 0 Å². The van der Waals surface area contributed by atoms with Crippen LogP contribution in [-0.4, -0.2) is 17.4 Å². The summed E-state index contributed by atoms with van der Waals surface area (Å²) in [6.45, 7) is 0. The normalized spacial score (nSPS) is 11.5. The fourth-order valence-corrected chi connectivity index (χ4v) is 1.55. The molecular weight excluding hydrogens is 249 g/mol. The molecule has 18 heavy (non-hydrogen) atoms. The summed E-state index contributed by atoms with van der Waals surface area (Å²) in [4.78, 5) is 10.7. The van der Waals surface area contributed by atoms with Gasteiger partial charge in [-0.2, -0.15) is 0 Å². The van der Waals surface area contributed by atoms with E-state index in [1.807, 2.05) is 0 Å². The first-order chi connectivity index (χ1) is 8.35. The van der Waals surface area contributed by atoms with Crippen LogP contribution < -0.4 is 4.74 Å². The minimum atomic E-state index is -4.74. The average Bonchev–Trinajstić information content (AvgIpc) is 2.26. The van der Waals surface area contributed by atoms with E-state index in [4.69, 9.17) is 5.11 Å². The van der Waals surface area contributed by atoms with Gasteiger partial charge in [-0.15, -0.1) is 13.2 Å². The van der Waals surface area contributed by atoms with Gasteiger partial charge in [0.05, 0.1) is 5.56 Å². The third kappa shape index (κ3) is 2.71. The van der Waals surface area contributed by atoms with Crippen molar-refractivity contribution in [3.8, 4) is 5.75 Å².